The highest BCUT2D eigenvalue weighted by Crippen LogP contribution is 2.62. The predicted octanol–water partition coefficient (Wildman–Crippen LogP) is 11.8. The highest BCUT2D eigenvalue weighted by Gasteiger charge is 2.50. The predicted molar refractivity (Wildman–Crippen MR) is 188 cm³/mol. The van der Waals surface area contributed by atoms with Crippen LogP contribution in [0.3, 0.4) is 0 Å². The minimum Gasteiger partial charge on any atom is -0.355 e. The van der Waals surface area contributed by atoms with Crippen molar-refractivity contribution in [2.24, 2.45) is 0 Å². The van der Waals surface area contributed by atoms with Gasteiger partial charge in [0.2, 0.25) is 0 Å². The van der Waals surface area contributed by atoms with Crippen LogP contribution in [0.1, 0.15) is 22.3 Å². The molecule has 8 aromatic rings. The summed E-state index contributed by atoms with van der Waals surface area (Å²) in [4.78, 5) is 2.67. The lowest BCUT2D eigenvalue weighted by Crippen LogP contribution is -2.31. The zero-order valence-corrected chi connectivity index (χ0v) is 25.3. The van der Waals surface area contributed by atoms with Gasteiger partial charge in [-0.25, -0.2) is 0 Å². The zero-order valence-electron chi connectivity index (χ0n) is 23.7. The van der Waals surface area contributed by atoms with Gasteiger partial charge in [-0.3, -0.25) is 0 Å². The Bertz CT molecular complexity index is 2420. The molecular formula is C41H25NS2. The molecule has 0 amide bonds. The monoisotopic (exact) mass is 595 g/mol. The van der Waals surface area contributed by atoms with E-state index >= 15 is 0 Å². The van der Waals surface area contributed by atoms with E-state index in [-0.39, 0.29) is 5.41 Å². The molecule has 1 aliphatic carbocycles. The van der Waals surface area contributed by atoms with Crippen molar-refractivity contribution < 1.29 is 0 Å². The van der Waals surface area contributed by atoms with Gasteiger partial charge < -0.3 is 5.32 Å². The normalized spacial score (nSPS) is 14.0. The summed E-state index contributed by atoms with van der Waals surface area (Å²) in [6, 6.07) is 54.0. The smallest absolute Gasteiger partial charge is 0.0735 e. The minimum atomic E-state index is -0.331. The van der Waals surface area contributed by atoms with Gasteiger partial charge in [0, 0.05) is 41.3 Å². The molecular weight excluding hydrogens is 571 g/mol. The average Bonchev–Trinajstić information content (AvgIpc) is 3.56. The summed E-state index contributed by atoms with van der Waals surface area (Å²) >= 11 is 3.76. The maximum atomic E-state index is 3.77. The van der Waals surface area contributed by atoms with E-state index in [0.29, 0.717) is 0 Å². The summed E-state index contributed by atoms with van der Waals surface area (Å²) in [7, 11) is 0. The van der Waals surface area contributed by atoms with Crippen LogP contribution in [0.15, 0.2) is 155 Å². The van der Waals surface area contributed by atoms with Crippen molar-refractivity contribution in [3.63, 3.8) is 0 Å². The molecule has 1 N–H and O–H groups in total. The van der Waals surface area contributed by atoms with E-state index in [1.165, 1.54) is 74.1 Å². The summed E-state index contributed by atoms with van der Waals surface area (Å²) in [5.74, 6) is 0. The van der Waals surface area contributed by atoms with E-state index in [0.717, 1.165) is 11.4 Å². The first-order chi connectivity index (χ1) is 21.8. The van der Waals surface area contributed by atoms with E-state index in [2.05, 4.69) is 151 Å². The fourth-order valence-electron chi connectivity index (χ4n) is 7.64. The molecule has 0 radical (unpaired) electrons. The molecule has 0 fully saturated rings. The molecule has 0 atom stereocenters. The summed E-state index contributed by atoms with van der Waals surface area (Å²) in [5.41, 5.74) is 9.97. The third-order valence-corrected chi connectivity index (χ3v) is 11.7. The molecule has 1 spiro atoms. The summed E-state index contributed by atoms with van der Waals surface area (Å²) in [5, 5.41) is 9.00. The maximum Gasteiger partial charge on any atom is 0.0735 e. The van der Waals surface area contributed by atoms with Gasteiger partial charge in [0.1, 0.15) is 0 Å². The minimum absolute atomic E-state index is 0.331. The third kappa shape index (κ3) is 3.31. The van der Waals surface area contributed by atoms with Crippen molar-refractivity contribution in [2.75, 3.05) is 5.32 Å². The highest BCUT2D eigenvalue weighted by atomic mass is 32.2. The first kappa shape index (κ1) is 24.6. The number of nitrogens with one attached hydrogen (secondary N) is 1. The number of hydrogen-bond donors (Lipinski definition) is 1. The number of thiophene rings is 1. The van der Waals surface area contributed by atoms with Crippen molar-refractivity contribution in [1.82, 2.24) is 0 Å². The first-order valence-corrected chi connectivity index (χ1v) is 16.6. The van der Waals surface area contributed by atoms with Crippen LogP contribution in [0.2, 0.25) is 0 Å². The molecule has 0 unspecified atom stereocenters. The van der Waals surface area contributed by atoms with E-state index < -0.39 is 0 Å². The van der Waals surface area contributed by atoms with E-state index in [1.54, 1.807) is 0 Å². The Kier molecular flexibility index (Phi) is 5.08. The molecule has 2 heterocycles. The second kappa shape index (κ2) is 9.09. The van der Waals surface area contributed by atoms with Gasteiger partial charge in [0.05, 0.1) is 5.41 Å². The molecule has 10 rings (SSSR count). The molecule has 3 heteroatoms. The molecule has 1 aliphatic heterocycles. The lowest BCUT2D eigenvalue weighted by molar-refractivity contribution is 0.722. The topological polar surface area (TPSA) is 12.0 Å². The Balaban J connectivity index is 1.12. The molecule has 1 nitrogen and oxygen atoms in total. The molecule has 1 aromatic heterocycles. The zero-order chi connectivity index (χ0) is 28.8. The second-order valence-electron chi connectivity index (χ2n) is 11.8. The van der Waals surface area contributed by atoms with Crippen LogP contribution < -0.4 is 5.32 Å². The molecule has 0 saturated carbocycles. The largest absolute Gasteiger partial charge is 0.355 e. The Labute approximate surface area is 263 Å². The quantitative estimate of drug-likeness (QED) is 0.213. The van der Waals surface area contributed by atoms with Crippen molar-refractivity contribution in [3.05, 3.63) is 168 Å². The molecule has 0 bridgehead atoms. The Morgan fingerprint density at radius 1 is 0.432 bits per heavy atom. The number of benzene rings is 7. The summed E-state index contributed by atoms with van der Waals surface area (Å²) in [6.45, 7) is 0. The van der Waals surface area contributed by atoms with Crippen LogP contribution in [-0.4, -0.2) is 0 Å². The Morgan fingerprint density at radius 3 is 1.82 bits per heavy atom. The van der Waals surface area contributed by atoms with Gasteiger partial charge in [0.15, 0.2) is 0 Å². The van der Waals surface area contributed by atoms with Gasteiger partial charge in [-0.05, 0) is 92.7 Å². The van der Waals surface area contributed by atoms with Crippen molar-refractivity contribution in [2.45, 2.75) is 15.2 Å². The SMILES string of the molecule is c1ccc2c(c1)Sc1ccccc1C21c2ccccc2-c2cc(Nc3ccc4c(c3)sc3cc5ccccc5cc34)ccc21. The van der Waals surface area contributed by atoms with E-state index in [4.69, 9.17) is 0 Å². The van der Waals surface area contributed by atoms with Crippen LogP contribution >= 0.6 is 23.1 Å². The van der Waals surface area contributed by atoms with Crippen LogP contribution in [-0.2, 0) is 5.41 Å². The maximum absolute atomic E-state index is 3.77. The average molecular weight is 596 g/mol. The van der Waals surface area contributed by atoms with Gasteiger partial charge in [-0.15, -0.1) is 11.3 Å². The Hall–Kier alpha value is -4.83. The van der Waals surface area contributed by atoms with Crippen LogP contribution in [0, 0.1) is 0 Å². The highest BCUT2D eigenvalue weighted by molar-refractivity contribution is 7.99. The first-order valence-electron chi connectivity index (χ1n) is 15.0. The van der Waals surface area contributed by atoms with Gasteiger partial charge >= 0.3 is 0 Å². The lowest BCUT2D eigenvalue weighted by Gasteiger charge is -2.39. The summed E-state index contributed by atoms with van der Waals surface area (Å²) < 4.78 is 2.64. The van der Waals surface area contributed by atoms with Crippen molar-refractivity contribution >= 4 is 65.4 Å². The van der Waals surface area contributed by atoms with Crippen LogP contribution in [0.5, 0.6) is 0 Å². The number of hydrogen-bond acceptors (Lipinski definition) is 3. The summed E-state index contributed by atoms with van der Waals surface area (Å²) in [6.07, 6.45) is 0. The molecule has 206 valence electrons. The second-order valence-corrected chi connectivity index (χ2v) is 14.0. The third-order valence-electron chi connectivity index (χ3n) is 9.48. The standard InChI is InChI=1S/C41H25NS2/c1-2-10-26-22-39-32(21-25(26)9-1)30-19-17-28(24-40(30)44-39)42-27-18-20-34-31(23-27)29-11-3-4-12-33(29)41(34)35-13-5-7-15-37(35)43-38-16-8-6-14-36(38)41/h1-24,42H. The van der Waals surface area contributed by atoms with Crippen molar-refractivity contribution in [3.8, 4) is 11.1 Å². The van der Waals surface area contributed by atoms with Crippen LogP contribution in [0.4, 0.5) is 11.4 Å². The molecule has 0 saturated heterocycles. The van der Waals surface area contributed by atoms with Crippen molar-refractivity contribution in [1.29, 1.82) is 0 Å². The number of fused-ring (bicyclic) bond motifs is 13. The van der Waals surface area contributed by atoms with Gasteiger partial charge in [0.25, 0.3) is 0 Å². The molecule has 2 aliphatic rings. The lowest BCUT2D eigenvalue weighted by atomic mass is 9.67. The fraction of sp³-hybridized carbons (Fsp3) is 0.0244. The number of rotatable bonds is 2. The Morgan fingerprint density at radius 2 is 1.02 bits per heavy atom. The van der Waals surface area contributed by atoms with Gasteiger partial charge in [-0.1, -0.05) is 109 Å². The van der Waals surface area contributed by atoms with Crippen LogP contribution in [0.25, 0.3) is 42.1 Å². The van der Waals surface area contributed by atoms with E-state index in [9.17, 15) is 0 Å². The van der Waals surface area contributed by atoms with E-state index in [1.807, 2.05) is 23.1 Å². The molecule has 44 heavy (non-hydrogen) atoms. The number of anilines is 2. The molecule has 7 aromatic carbocycles. The van der Waals surface area contributed by atoms with Gasteiger partial charge in [-0.2, -0.15) is 0 Å². The fourth-order valence-corrected chi connectivity index (χ4v) is 10.0.